The first-order valence-electron chi connectivity index (χ1n) is 14.5. The number of anilines is 2. The number of hydrogen-bond donors (Lipinski definition) is 0. The van der Waals surface area contributed by atoms with Gasteiger partial charge in [-0.15, -0.1) is 0 Å². The maximum absolute atomic E-state index is 6.19. The normalized spacial score (nSPS) is 15.0. The second-order valence-electron chi connectivity index (χ2n) is 10.9. The van der Waals surface area contributed by atoms with Gasteiger partial charge in [0.2, 0.25) is 11.9 Å². The molecule has 5 aromatic rings. The van der Waals surface area contributed by atoms with Crippen molar-refractivity contribution < 1.29 is 0 Å². The zero-order valence-corrected chi connectivity index (χ0v) is 24.7. The first-order valence-corrected chi connectivity index (χ1v) is 15.3. The highest BCUT2D eigenvalue weighted by Crippen LogP contribution is 2.33. The molecule has 210 valence electrons. The fraction of sp³-hybridized carbons (Fsp3) is 0.235. The standard InChI is InChI=1S/C34H30Cl2N6/c35-27-12-8-23(9-13-27)29-21-31(39-33(37-29)41-16-1-2-17-41)25-6-5-7-26(20-25)32-22-30(24-10-14-28(36)15-11-24)38-34(40-32)42-18-3-4-19-42/h5-15,20-22H,1-4,16-19H2. The van der Waals surface area contributed by atoms with E-state index in [1.54, 1.807) is 0 Å². The predicted molar refractivity (Wildman–Crippen MR) is 172 cm³/mol. The number of rotatable bonds is 6. The van der Waals surface area contributed by atoms with E-state index < -0.39 is 0 Å². The zero-order valence-electron chi connectivity index (χ0n) is 23.2. The van der Waals surface area contributed by atoms with Crippen molar-refractivity contribution in [3.8, 4) is 45.0 Å². The summed E-state index contributed by atoms with van der Waals surface area (Å²) in [5.41, 5.74) is 7.58. The lowest BCUT2D eigenvalue weighted by Crippen LogP contribution is -2.21. The van der Waals surface area contributed by atoms with Crippen LogP contribution in [0.4, 0.5) is 11.9 Å². The average Bonchev–Trinajstić information content (AvgIpc) is 3.77. The molecule has 0 unspecified atom stereocenters. The van der Waals surface area contributed by atoms with Crippen LogP contribution in [0.2, 0.25) is 10.0 Å². The molecule has 7 rings (SSSR count). The summed E-state index contributed by atoms with van der Waals surface area (Å²) >= 11 is 12.4. The summed E-state index contributed by atoms with van der Waals surface area (Å²) in [5.74, 6) is 1.53. The van der Waals surface area contributed by atoms with Crippen molar-refractivity contribution in [1.29, 1.82) is 0 Å². The lowest BCUT2D eigenvalue weighted by atomic mass is 10.0. The van der Waals surface area contributed by atoms with Crippen molar-refractivity contribution in [2.75, 3.05) is 36.0 Å². The highest BCUT2D eigenvalue weighted by Gasteiger charge is 2.20. The molecular weight excluding hydrogens is 563 g/mol. The van der Waals surface area contributed by atoms with Crippen LogP contribution in [0, 0.1) is 0 Å². The van der Waals surface area contributed by atoms with Crippen molar-refractivity contribution >= 4 is 35.1 Å². The quantitative estimate of drug-likeness (QED) is 0.197. The van der Waals surface area contributed by atoms with Crippen LogP contribution in [0.5, 0.6) is 0 Å². The molecule has 0 spiro atoms. The lowest BCUT2D eigenvalue weighted by Gasteiger charge is -2.18. The molecule has 0 amide bonds. The summed E-state index contributed by atoms with van der Waals surface area (Å²) in [6.45, 7) is 3.88. The summed E-state index contributed by atoms with van der Waals surface area (Å²) in [5, 5.41) is 1.41. The Morgan fingerprint density at radius 2 is 0.786 bits per heavy atom. The van der Waals surface area contributed by atoms with E-state index in [0.29, 0.717) is 10.0 Å². The van der Waals surface area contributed by atoms with E-state index >= 15 is 0 Å². The molecule has 0 N–H and O–H groups in total. The average molecular weight is 594 g/mol. The first kappa shape index (κ1) is 26.9. The van der Waals surface area contributed by atoms with Gasteiger partial charge in [0.1, 0.15) is 0 Å². The van der Waals surface area contributed by atoms with Gasteiger partial charge in [0, 0.05) is 58.5 Å². The van der Waals surface area contributed by atoms with E-state index in [-0.39, 0.29) is 0 Å². The summed E-state index contributed by atoms with van der Waals surface area (Å²) < 4.78 is 0. The Kier molecular flexibility index (Phi) is 7.49. The third-order valence-electron chi connectivity index (χ3n) is 7.94. The van der Waals surface area contributed by atoms with Crippen molar-refractivity contribution in [2.24, 2.45) is 0 Å². The van der Waals surface area contributed by atoms with E-state index in [2.05, 4.69) is 46.2 Å². The molecule has 0 atom stereocenters. The van der Waals surface area contributed by atoms with Crippen LogP contribution in [0.3, 0.4) is 0 Å². The Bertz CT molecular complexity index is 1590. The Morgan fingerprint density at radius 3 is 1.17 bits per heavy atom. The van der Waals surface area contributed by atoms with Crippen LogP contribution < -0.4 is 9.80 Å². The maximum Gasteiger partial charge on any atom is 0.226 e. The molecule has 2 fully saturated rings. The van der Waals surface area contributed by atoms with Gasteiger partial charge >= 0.3 is 0 Å². The number of benzene rings is 3. The van der Waals surface area contributed by atoms with Crippen LogP contribution in [-0.2, 0) is 0 Å². The number of nitrogens with zero attached hydrogens (tertiary/aromatic N) is 6. The monoisotopic (exact) mass is 592 g/mol. The molecule has 2 aliphatic heterocycles. The van der Waals surface area contributed by atoms with Crippen molar-refractivity contribution in [2.45, 2.75) is 25.7 Å². The van der Waals surface area contributed by atoms with Gasteiger partial charge in [-0.2, -0.15) is 0 Å². The van der Waals surface area contributed by atoms with Crippen LogP contribution >= 0.6 is 23.2 Å². The molecule has 4 heterocycles. The molecule has 3 aromatic carbocycles. The molecule has 6 nitrogen and oxygen atoms in total. The third-order valence-corrected chi connectivity index (χ3v) is 8.44. The second kappa shape index (κ2) is 11.7. The highest BCUT2D eigenvalue weighted by molar-refractivity contribution is 6.30. The number of hydrogen-bond acceptors (Lipinski definition) is 6. The second-order valence-corrected chi connectivity index (χ2v) is 11.7. The maximum atomic E-state index is 6.19. The third kappa shape index (κ3) is 5.69. The molecule has 0 radical (unpaired) electrons. The van der Waals surface area contributed by atoms with E-state index in [0.717, 1.165) is 109 Å². The fourth-order valence-electron chi connectivity index (χ4n) is 5.66. The van der Waals surface area contributed by atoms with Gasteiger partial charge in [0.05, 0.1) is 22.8 Å². The topological polar surface area (TPSA) is 58.0 Å². The van der Waals surface area contributed by atoms with Gasteiger partial charge in [0.25, 0.3) is 0 Å². The van der Waals surface area contributed by atoms with Gasteiger partial charge in [0.15, 0.2) is 0 Å². The summed E-state index contributed by atoms with van der Waals surface area (Å²) in [6, 6.07) is 28.2. The van der Waals surface area contributed by atoms with E-state index in [4.69, 9.17) is 43.1 Å². The minimum absolute atomic E-state index is 0.705. The number of halogens is 2. The van der Waals surface area contributed by atoms with Gasteiger partial charge in [-0.05, 0) is 68.1 Å². The molecular formula is C34H30Cl2N6. The van der Waals surface area contributed by atoms with E-state index in [1.807, 2.05) is 48.5 Å². The molecule has 0 bridgehead atoms. The van der Waals surface area contributed by atoms with Crippen molar-refractivity contribution in [3.05, 3.63) is 95.0 Å². The Hall–Kier alpha value is -4.00. The minimum Gasteiger partial charge on any atom is -0.341 e. The summed E-state index contributed by atoms with van der Waals surface area (Å²) in [7, 11) is 0. The summed E-state index contributed by atoms with van der Waals surface area (Å²) in [6.07, 6.45) is 4.62. The van der Waals surface area contributed by atoms with E-state index in [9.17, 15) is 0 Å². The van der Waals surface area contributed by atoms with Gasteiger partial charge in [-0.3, -0.25) is 0 Å². The van der Waals surface area contributed by atoms with Crippen LogP contribution in [0.15, 0.2) is 84.9 Å². The van der Waals surface area contributed by atoms with Gasteiger partial charge in [-0.1, -0.05) is 65.7 Å². The molecule has 2 aromatic heterocycles. The molecule has 2 saturated heterocycles. The van der Waals surface area contributed by atoms with Crippen molar-refractivity contribution in [1.82, 2.24) is 19.9 Å². The van der Waals surface area contributed by atoms with Crippen LogP contribution in [0.1, 0.15) is 25.7 Å². The largest absolute Gasteiger partial charge is 0.341 e. The van der Waals surface area contributed by atoms with Crippen LogP contribution in [-0.4, -0.2) is 46.1 Å². The first-order chi connectivity index (χ1) is 20.6. The molecule has 0 saturated carbocycles. The smallest absolute Gasteiger partial charge is 0.226 e. The van der Waals surface area contributed by atoms with Gasteiger partial charge in [-0.25, -0.2) is 19.9 Å². The minimum atomic E-state index is 0.705. The van der Waals surface area contributed by atoms with Crippen LogP contribution in [0.25, 0.3) is 45.0 Å². The molecule has 42 heavy (non-hydrogen) atoms. The molecule has 0 aliphatic carbocycles. The zero-order chi connectivity index (χ0) is 28.5. The SMILES string of the molecule is Clc1ccc(-c2cc(-c3cccc(-c4cc(-c5ccc(Cl)cc5)nc(N5CCCC5)n4)c3)nc(N3CCCC3)n2)cc1. The Morgan fingerprint density at radius 1 is 0.429 bits per heavy atom. The highest BCUT2D eigenvalue weighted by atomic mass is 35.5. The molecule has 2 aliphatic rings. The summed E-state index contributed by atoms with van der Waals surface area (Å²) in [4.78, 5) is 24.6. The Balaban J connectivity index is 1.32. The Labute approximate surface area is 256 Å². The predicted octanol–water partition coefficient (Wildman–Crippen LogP) is 8.44. The number of aromatic nitrogens is 4. The fourth-order valence-corrected chi connectivity index (χ4v) is 5.91. The van der Waals surface area contributed by atoms with E-state index in [1.165, 1.54) is 0 Å². The molecule has 8 heteroatoms. The van der Waals surface area contributed by atoms with Crippen molar-refractivity contribution in [3.63, 3.8) is 0 Å². The lowest BCUT2D eigenvalue weighted by molar-refractivity contribution is 0.901. The van der Waals surface area contributed by atoms with Gasteiger partial charge < -0.3 is 9.80 Å².